The molecule has 0 radical (unpaired) electrons. The molecule has 6 nitrogen and oxygen atoms in total. The first-order valence-electron chi connectivity index (χ1n) is 7.58. The molecule has 0 fully saturated rings. The molecule has 0 heterocycles. The number of nitriles is 1. The van der Waals surface area contributed by atoms with Crippen LogP contribution in [-0.2, 0) is 11.3 Å². The Labute approximate surface area is 131 Å². The average Bonchev–Trinajstić information content (AvgIpc) is 2.52. The van der Waals surface area contributed by atoms with E-state index in [1.807, 2.05) is 6.07 Å². The zero-order valence-electron chi connectivity index (χ0n) is 13.0. The summed E-state index contributed by atoms with van der Waals surface area (Å²) in [6.45, 7) is 2.72. The van der Waals surface area contributed by atoms with Gasteiger partial charge in [-0.25, -0.2) is 4.79 Å². The van der Waals surface area contributed by atoms with Gasteiger partial charge >= 0.3 is 6.09 Å². The topological polar surface area (TPSA) is 114 Å². The standard InChI is InChI=1S/C16H24N4O2/c1-2-3-4-5-6-7-22-16(21)20-14-9-12(10-17)8-13(11-18)15(14)19/h8-9H,2-7,11,18-19H2,1H3,(H,20,21). The summed E-state index contributed by atoms with van der Waals surface area (Å²) >= 11 is 0. The lowest BCUT2D eigenvalue weighted by Crippen LogP contribution is -2.16. The molecule has 1 rings (SSSR count). The van der Waals surface area contributed by atoms with Crippen molar-refractivity contribution in [1.82, 2.24) is 0 Å². The van der Waals surface area contributed by atoms with Crippen molar-refractivity contribution >= 4 is 17.5 Å². The molecule has 22 heavy (non-hydrogen) atoms. The molecule has 0 aromatic heterocycles. The predicted molar refractivity (Wildman–Crippen MR) is 87.2 cm³/mol. The van der Waals surface area contributed by atoms with Gasteiger partial charge in [-0.2, -0.15) is 5.26 Å². The van der Waals surface area contributed by atoms with E-state index in [0.717, 1.165) is 19.3 Å². The van der Waals surface area contributed by atoms with Gasteiger partial charge in [-0.15, -0.1) is 0 Å². The summed E-state index contributed by atoms with van der Waals surface area (Å²) < 4.78 is 5.11. The Morgan fingerprint density at radius 1 is 1.32 bits per heavy atom. The third-order valence-corrected chi connectivity index (χ3v) is 3.33. The van der Waals surface area contributed by atoms with Crippen LogP contribution in [0.15, 0.2) is 12.1 Å². The highest BCUT2D eigenvalue weighted by atomic mass is 16.5. The van der Waals surface area contributed by atoms with Crippen LogP contribution in [0, 0.1) is 11.3 Å². The number of carbonyl (C=O) groups is 1. The van der Waals surface area contributed by atoms with Gasteiger partial charge in [0, 0.05) is 6.54 Å². The first-order chi connectivity index (χ1) is 10.6. The molecular formula is C16H24N4O2. The molecule has 120 valence electrons. The van der Waals surface area contributed by atoms with Crippen LogP contribution in [0.3, 0.4) is 0 Å². The fourth-order valence-electron chi connectivity index (χ4n) is 2.07. The fraction of sp³-hybridized carbons (Fsp3) is 0.500. The molecule has 1 amide bonds. The number of benzene rings is 1. The fourth-order valence-corrected chi connectivity index (χ4v) is 2.07. The minimum Gasteiger partial charge on any atom is -0.449 e. The summed E-state index contributed by atoms with van der Waals surface area (Å²) in [6, 6.07) is 5.13. The van der Waals surface area contributed by atoms with E-state index in [1.165, 1.54) is 18.9 Å². The van der Waals surface area contributed by atoms with E-state index in [0.29, 0.717) is 29.1 Å². The third kappa shape index (κ3) is 5.62. The number of nitrogens with one attached hydrogen (secondary N) is 1. The van der Waals surface area contributed by atoms with Crippen molar-refractivity contribution in [3.63, 3.8) is 0 Å². The summed E-state index contributed by atoms with van der Waals surface area (Å²) in [7, 11) is 0. The molecule has 0 saturated carbocycles. The van der Waals surface area contributed by atoms with E-state index >= 15 is 0 Å². The molecule has 0 spiro atoms. The van der Waals surface area contributed by atoms with Gasteiger partial charge in [-0.3, -0.25) is 5.32 Å². The number of anilines is 2. The summed E-state index contributed by atoms with van der Waals surface area (Å²) in [5.74, 6) is 0. The Morgan fingerprint density at radius 3 is 2.68 bits per heavy atom. The van der Waals surface area contributed by atoms with Crippen LogP contribution in [0.25, 0.3) is 0 Å². The lowest BCUT2D eigenvalue weighted by Gasteiger charge is -2.12. The van der Waals surface area contributed by atoms with Crippen molar-refractivity contribution in [2.24, 2.45) is 5.73 Å². The predicted octanol–water partition coefficient (Wildman–Crippen LogP) is 3.12. The SMILES string of the molecule is CCCCCCCOC(=O)Nc1cc(C#N)cc(CN)c1N. The summed E-state index contributed by atoms with van der Waals surface area (Å²) in [6.07, 6.45) is 4.85. The van der Waals surface area contributed by atoms with Crippen LogP contribution >= 0.6 is 0 Å². The lowest BCUT2D eigenvalue weighted by atomic mass is 10.1. The molecule has 0 aliphatic heterocycles. The van der Waals surface area contributed by atoms with Crippen LogP contribution in [0.4, 0.5) is 16.2 Å². The molecular weight excluding hydrogens is 280 g/mol. The Morgan fingerprint density at radius 2 is 2.05 bits per heavy atom. The van der Waals surface area contributed by atoms with Gasteiger partial charge in [0.15, 0.2) is 0 Å². The van der Waals surface area contributed by atoms with Crippen LogP contribution < -0.4 is 16.8 Å². The number of unbranched alkanes of at least 4 members (excludes halogenated alkanes) is 4. The first kappa shape index (κ1) is 17.8. The second-order valence-electron chi connectivity index (χ2n) is 5.09. The smallest absolute Gasteiger partial charge is 0.411 e. The van der Waals surface area contributed by atoms with Crippen LogP contribution in [0.2, 0.25) is 0 Å². The zero-order chi connectivity index (χ0) is 16.4. The van der Waals surface area contributed by atoms with Crippen molar-refractivity contribution < 1.29 is 9.53 Å². The van der Waals surface area contributed by atoms with Crippen molar-refractivity contribution in [2.75, 3.05) is 17.7 Å². The molecule has 1 aromatic carbocycles. The van der Waals surface area contributed by atoms with Gasteiger partial charge in [0.2, 0.25) is 0 Å². The summed E-state index contributed by atoms with van der Waals surface area (Å²) in [4.78, 5) is 11.7. The van der Waals surface area contributed by atoms with Gasteiger partial charge in [0.05, 0.1) is 29.6 Å². The summed E-state index contributed by atoms with van der Waals surface area (Å²) in [5.41, 5.74) is 13.2. The third-order valence-electron chi connectivity index (χ3n) is 3.33. The van der Waals surface area contributed by atoms with Gasteiger partial charge in [-0.1, -0.05) is 32.6 Å². The lowest BCUT2D eigenvalue weighted by molar-refractivity contribution is 0.159. The normalized spacial score (nSPS) is 10.0. The molecule has 0 atom stereocenters. The van der Waals surface area contributed by atoms with E-state index in [4.69, 9.17) is 21.5 Å². The molecule has 0 unspecified atom stereocenters. The number of nitrogen functional groups attached to an aromatic ring is 1. The zero-order valence-corrected chi connectivity index (χ0v) is 13.0. The number of ether oxygens (including phenoxy) is 1. The van der Waals surface area contributed by atoms with Gasteiger partial charge in [0.1, 0.15) is 0 Å². The van der Waals surface area contributed by atoms with Crippen LogP contribution in [-0.4, -0.2) is 12.7 Å². The summed E-state index contributed by atoms with van der Waals surface area (Å²) in [5, 5.41) is 11.5. The average molecular weight is 304 g/mol. The van der Waals surface area contributed by atoms with E-state index in [2.05, 4.69) is 12.2 Å². The van der Waals surface area contributed by atoms with E-state index in [-0.39, 0.29) is 6.54 Å². The van der Waals surface area contributed by atoms with Gasteiger partial charge < -0.3 is 16.2 Å². The number of amides is 1. The maximum atomic E-state index is 11.7. The number of hydrogen-bond acceptors (Lipinski definition) is 5. The maximum Gasteiger partial charge on any atom is 0.411 e. The molecule has 5 N–H and O–H groups in total. The Balaban J connectivity index is 2.52. The highest BCUT2D eigenvalue weighted by molar-refractivity contribution is 5.90. The van der Waals surface area contributed by atoms with Crippen LogP contribution in [0.5, 0.6) is 0 Å². The Kier molecular flexibility index (Phi) is 7.79. The van der Waals surface area contributed by atoms with E-state index in [1.54, 1.807) is 6.07 Å². The molecule has 1 aromatic rings. The van der Waals surface area contributed by atoms with E-state index in [9.17, 15) is 4.79 Å². The van der Waals surface area contributed by atoms with Crippen molar-refractivity contribution in [2.45, 2.75) is 45.6 Å². The highest BCUT2D eigenvalue weighted by Crippen LogP contribution is 2.25. The quantitative estimate of drug-likeness (QED) is 0.504. The first-order valence-corrected chi connectivity index (χ1v) is 7.58. The van der Waals surface area contributed by atoms with E-state index < -0.39 is 6.09 Å². The van der Waals surface area contributed by atoms with Crippen molar-refractivity contribution in [3.05, 3.63) is 23.3 Å². The Hall–Kier alpha value is -2.26. The highest BCUT2D eigenvalue weighted by Gasteiger charge is 2.11. The van der Waals surface area contributed by atoms with Crippen molar-refractivity contribution in [3.8, 4) is 6.07 Å². The molecule has 0 saturated heterocycles. The van der Waals surface area contributed by atoms with Gasteiger partial charge in [0.25, 0.3) is 0 Å². The Bertz CT molecular complexity index is 538. The molecule has 0 bridgehead atoms. The number of carbonyl (C=O) groups excluding carboxylic acids is 1. The second kappa shape index (κ2) is 9.64. The van der Waals surface area contributed by atoms with Crippen LogP contribution in [0.1, 0.15) is 50.2 Å². The van der Waals surface area contributed by atoms with Gasteiger partial charge in [-0.05, 0) is 24.1 Å². The molecule has 0 aliphatic rings. The maximum absolute atomic E-state index is 11.7. The minimum atomic E-state index is -0.569. The minimum absolute atomic E-state index is 0.197. The largest absolute Gasteiger partial charge is 0.449 e. The number of rotatable bonds is 8. The number of nitrogens with zero attached hydrogens (tertiary/aromatic N) is 1. The number of hydrogen-bond donors (Lipinski definition) is 3. The number of nitrogens with two attached hydrogens (primary N) is 2. The van der Waals surface area contributed by atoms with Crippen molar-refractivity contribution in [1.29, 1.82) is 5.26 Å². The molecule has 0 aliphatic carbocycles. The monoisotopic (exact) mass is 304 g/mol. The molecule has 6 heteroatoms. The second-order valence-corrected chi connectivity index (χ2v) is 5.09.